The van der Waals surface area contributed by atoms with Crippen molar-refractivity contribution in [3.63, 3.8) is 0 Å². The zero-order valence-corrected chi connectivity index (χ0v) is 9.33. The largest absolute Gasteiger partial charge is 0.374 e. The van der Waals surface area contributed by atoms with E-state index in [0.717, 1.165) is 0 Å². The van der Waals surface area contributed by atoms with Crippen LogP contribution in [0.2, 0.25) is 0 Å². The number of carbonyl (C=O) groups excluding carboxylic acids is 1. The normalized spacial score (nSPS) is 25.8. The monoisotopic (exact) mass is 222 g/mol. The number of hydrogen-bond donors (Lipinski definition) is 0. The molecule has 0 N–H and O–H groups in total. The van der Waals surface area contributed by atoms with Crippen LogP contribution in [0, 0.1) is 5.82 Å². The summed E-state index contributed by atoms with van der Waals surface area (Å²) >= 11 is 0. The van der Waals surface area contributed by atoms with Crippen molar-refractivity contribution in [1.82, 2.24) is 0 Å². The molecule has 1 unspecified atom stereocenters. The molecule has 2 rings (SSSR count). The van der Waals surface area contributed by atoms with Crippen LogP contribution in [-0.2, 0) is 16.0 Å². The van der Waals surface area contributed by atoms with Crippen LogP contribution in [0.15, 0.2) is 24.3 Å². The van der Waals surface area contributed by atoms with E-state index < -0.39 is 5.60 Å². The molecule has 86 valence electrons. The van der Waals surface area contributed by atoms with Gasteiger partial charge in [0.1, 0.15) is 11.6 Å². The highest BCUT2D eigenvalue weighted by Gasteiger charge is 2.32. The highest BCUT2D eigenvalue weighted by atomic mass is 19.1. The van der Waals surface area contributed by atoms with E-state index in [1.54, 1.807) is 18.2 Å². The molecule has 0 bridgehead atoms. The molecule has 1 aliphatic rings. The SMILES string of the molecule is CC1(Cc2ccccc2F)CC(=O)CCO1. The Balaban J connectivity index is 2.14. The van der Waals surface area contributed by atoms with Crippen LogP contribution in [0.4, 0.5) is 4.39 Å². The van der Waals surface area contributed by atoms with Gasteiger partial charge in [-0.15, -0.1) is 0 Å². The van der Waals surface area contributed by atoms with Gasteiger partial charge < -0.3 is 4.74 Å². The highest BCUT2D eigenvalue weighted by molar-refractivity contribution is 5.80. The van der Waals surface area contributed by atoms with Crippen LogP contribution in [0.5, 0.6) is 0 Å². The van der Waals surface area contributed by atoms with Gasteiger partial charge in [0.15, 0.2) is 0 Å². The van der Waals surface area contributed by atoms with E-state index in [4.69, 9.17) is 4.74 Å². The van der Waals surface area contributed by atoms with Gasteiger partial charge >= 0.3 is 0 Å². The molecular weight excluding hydrogens is 207 g/mol. The van der Waals surface area contributed by atoms with Crippen LogP contribution in [-0.4, -0.2) is 18.0 Å². The first-order chi connectivity index (χ1) is 7.59. The Kier molecular flexibility index (Phi) is 3.06. The minimum Gasteiger partial charge on any atom is -0.374 e. The van der Waals surface area contributed by atoms with Gasteiger partial charge in [-0.1, -0.05) is 18.2 Å². The van der Waals surface area contributed by atoms with Crippen molar-refractivity contribution in [2.24, 2.45) is 0 Å². The third-order valence-electron chi connectivity index (χ3n) is 2.92. The van der Waals surface area contributed by atoms with E-state index in [1.807, 2.05) is 6.92 Å². The average molecular weight is 222 g/mol. The Morgan fingerprint density at radius 3 is 2.88 bits per heavy atom. The van der Waals surface area contributed by atoms with Crippen LogP contribution >= 0.6 is 0 Å². The molecule has 3 heteroatoms. The summed E-state index contributed by atoms with van der Waals surface area (Å²) in [6.07, 6.45) is 1.31. The van der Waals surface area contributed by atoms with Gasteiger partial charge in [-0.25, -0.2) is 4.39 Å². The summed E-state index contributed by atoms with van der Waals surface area (Å²) in [5.74, 6) is -0.0320. The van der Waals surface area contributed by atoms with Crippen molar-refractivity contribution in [2.45, 2.75) is 31.8 Å². The number of rotatable bonds is 2. The van der Waals surface area contributed by atoms with Crippen molar-refractivity contribution >= 4 is 5.78 Å². The second kappa shape index (κ2) is 4.34. The molecule has 1 fully saturated rings. The molecule has 2 nitrogen and oxygen atoms in total. The fraction of sp³-hybridized carbons (Fsp3) is 0.462. The van der Waals surface area contributed by atoms with Gasteiger partial charge in [0, 0.05) is 19.3 Å². The van der Waals surface area contributed by atoms with Crippen LogP contribution in [0.3, 0.4) is 0 Å². The Morgan fingerprint density at radius 1 is 1.44 bits per heavy atom. The summed E-state index contributed by atoms with van der Waals surface area (Å²) in [5.41, 5.74) is 0.0667. The molecule has 1 aromatic carbocycles. The van der Waals surface area contributed by atoms with Gasteiger partial charge in [0.25, 0.3) is 0 Å². The van der Waals surface area contributed by atoms with E-state index in [1.165, 1.54) is 6.07 Å². The average Bonchev–Trinajstić information content (AvgIpc) is 2.21. The van der Waals surface area contributed by atoms with Crippen molar-refractivity contribution in [3.8, 4) is 0 Å². The Labute approximate surface area is 94.4 Å². The molecule has 1 heterocycles. The first-order valence-electron chi connectivity index (χ1n) is 5.48. The standard InChI is InChI=1S/C13H15FO2/c1-13(9-11(15)6-7-16-13)8-10-4-2-3-5-12(10)14/h2-5H,6-9H2,1H3. The minimum absolute atomic E-state index is 0.199. The highest BCUT2D eigenvalue weighted by Crippen LogP contribution is 2.27. The molecule has 1 saturated heterocycles. The molecule has 0 spiro atoms. The number of hydrogen-bond acceptors (Lipinski definition) is 2. The van der Waals surface area contributed by atoms with E-state index >= 15 is 0 Å². The topological polar surface area (TPSA) is 26.3 Å². The fourth-order valence-corrected chi connectivity index (χ4v) is 2.13. The smallest absolute Gasteiger partial charge is 0.138 e. The second-order valence-electron chi connectivity index (χ2n) is 4.53. The van der Waals surface area contributed by atoms with Gasteiger partial charge in [0.05, 0.1) is 12.2 Å². The summed E-state index contributed by atoms with van der Waals surface area (Å²) < 4.78 is 19.1. The first-order valence-corrected chi connectivity index (χ1v) is 5.48. The number of ether oxygens (including phenoxy) is 1. The Morgan fingerprint density at radius 2 is 2.19 bits per heavy atom. The summed E-state index contributed by atoms with van der Waals surface area (Å²) in [6, 6.07) is 6.63. The minimum atomic E-state index is -0.544. The summed E-state index contributed by atoms with van der Waals surface area (Å²) in [6.45, 7) is 2.32. The zero-order valence-electron chi connectivity index (χ0n) is 9.33. The van der Waals surface area contributed by atoms with Crippen LogP contribution in [0.25, 0.3) is 0 Å². The summed E-state index contributed by atoms with van der Waals surface area (Å²) in [5, 5.41) is 0. The molecular formula is C13H15FO2. The van der Waals surface area contributed by atoms with Gasteiger partial charge in [-0.3, -0.25) is 4.79 Å². The lowest BCUT2D eigenvalue weighted by Crippen LogP contribution is -2.39. The number of benzene rings is 1. The van der Waals surface area contributed by atoms with Crippen LogP contribution < -0.4 is 0 Å². The van der Waals surface area contributed by atoms with E-state index in [0.29, 0.717) is 31.4 Å². The van der Waals surface area contributed by atoms with Gasteiger partial charge in [-0.2, -0.15) is 0 Å². The first kappa shape index (κ1) is 11.3. The fourth-order valence-electron chi connectivity index (χ4n) is 2.13. The number of halogens is 1. The third-order valence-corrected chi connectivity index (χ3v) is 2.92. The Hall–Kier alpha value is -1.22. The maximum atomic E-state index is 13.5. The maximum absolute atomic E-state index is 13.5. The lowest BCUT2D eigenvalue weighted by atomic mass is 9.88. The predicted molar refractivity (Wildman–Crippen MR) is 58.7 cm³/mol. The van der Waals surface area contributed by atoms with E-state index in [2.05, 4.69) is 0 Å². The van der Waals surface area contributed by atoms with E-state index in [-0.39, 0.29) is 11.6 Å². The number of Topliss-reactive ketones (excluding diaryl/α,β-unsaturated/α-hetero) is 1. The molecule has 0 aromatic heterocycles. The lowest BCUT2D eigenvalue weighted by molar-refractivity contribution is -0.137. The lowest BCUT2D eigenvalue weighted by Gasteiger charge is -2.33. The summed E-state index contributed by atoms with van der Waals surface area (Å²) in [7, 11) is 0. The Bertz CT molecular complexity index is 403. The molecule has 1 aliphatic heterocycles. The number of carbonyl (C=O) groups is 1. The zero-order chi connectivity index (χ0) is 11.6. The van der Waals surface area contributed by atoms with Crippen molar-refractivity contribution < 1.29 is 13.9 Å². The number of ketones is 1. The molecule has 1 aromatic rings. The molecule has 1 atom stereocenters. The molecule has 0 aliphatic carbocycles. The quantitative estimate of drug-likeness (QED) is 0.768. The van der Waals surface area contributed by atoms with Crippen LogP contribution in [0.1, 0.15) is 25.3 Å². The summed E-state index contributed by atoms with van der Waals surface area (Å²) in [4.78, 5) is 11.4. The van der Waals surface area contributed by atoms with Gasteiger partial charge in [-0.05, 0) is 18.6 Å². The molecule has 0 amide bonds. The van der Waals surface area contributed by atoms with Crippen molar-refractivity contribution in [3.05, 3.63) is 35.6 Å². The third kappa shape index (κ3) is 2.47. The van der Waals surface area contributed by atoms with Crippen molar-refractivity contribution in [1.29, 1.82) is 0 Å². The molecule has 16 heavy (non-hydrogen) atoms. The molecule has 0 radical (unpaired) electrons. The maximum Gasteiger partial charge on any atom is 0.138 e. The second-order valence-corrected chi connectivity index (χ2v) is 4.53. The predicted octanol–water partition coefficient (Wildman–Crippen LogP) is 2.51. The van der Waals surface area contributed by atoms with Gasteiger partial charge in [0.2, 0.25) is 0 Å². The molecule has 0 saturated carbocycles. The van der Waals surface area contributed by atoms with Crippen molar-refractivity contribution in [2.75, 3.05) is 6.61 Å². The van der Waals surface area contributed by atoms with E-state index in [9.17, 15) is 9.18 Å².